The smallest absolute Gasteiger partial charge is 0.225 e. The lowest BCUT2D eigenvalue weighted by molar-refractivity contribution is -0.138. The molecule has 6 nitrogen and oxygen atoms in total. The maximum absolute atomic E-state index is 13.1. The van der Waals surface area contributed by atoms with E-state index in [0.29, 0.717) is 11.9 Å². The molecular weight excluding hydrogens is 394 g/mol. The Morgan fingerprint density at radius 3 is 2.50 bits per heavy atom. The molecule has 2 aromatic rings. The van der Waals surface area contributed by atoms with Crippen LogP contribution in [0.5, 0.6) is 0 Å². The van der Waals surface area contributed by atoms with Crippen LogP contribution in [0.25, 0.3) is 10.2 Å². The maximum Gasteiger partial charge on any atom is 0.225 e. The van der Waals surface area contributed by atoms with Gasteiger partial charge in [-0.3, -0.25) is 9.69 Å². The normalized spacial score (nSPS) is 25.2. The highest BCUT2D eigenvalue weighted by atomic mass is 32.1. The van der Waals surface area contributed by atoms with Crippen LogP contribution in [0.15, 0.2) is 24.3 Å². The number of carbonyl (C=O) groups excluding carboxylic acids is 1. The summed E-state index contributed by atoms with van der Waals surface area (Å²) in [7, 11) is 2.23. The van der Waals surface area contributed by atoms with Crippen LogP contribution >= 0.6 is 11.3 Å². The number of likely N-dealkylation sites (tertiary alicyclic amines) is 1. The summed E-state index contributed by atoms with van der Waals surface area (Å²) in [6.45, 7) is 8.15. The van der Waals surface area contributed by atoms with E-state index in [1.807, 2.05) is 6.07 Å². The molecule has 3 saturated heterocycles. The SMILES string of the molecule is CN1CCCC(N2CCN(C(=O)C3CCN(c4nc5ccccc5s4)CC3)CC2)C1. The molecule has 0 spiro atoms. The summed E-state index contributed by atoms with van der Waals surface area (Å²) >= 11 is 1.77. The number of hydrogen-bond acceptors (Lipinski definition) is 6. The van der Waals surface area contributed by atoms with Gasteiger partial charge in [0.1, 0.15) is 0 Å². The summed E-state index contributed by atoms with van der Waals surface area (Å²) in [5, 5.41) is 1.10. The monoisotopic (exact) mass is 427 g/mol. The van der Waals surface area contributed by atoms with Crippen LogP contribution in [0.2, 0.25) is 0 Å². The molecule has 1 amide bonds. The second kappa shape index (κ2) is 8.81. The Balaban J connectivity index is 1.12. The quantitative estimate of drug-likeness (QED) is 0.754. The molecule has 0 bridgehead atoms. The zero-order valence-electron chi connectivity index (χ0n) is 18.0. The van der Waals surface area contributed by atoms with Crippen molar-refractivity contribution in [1.29, 1.82) is 0 Å². The van der Waals surface area contributed by atoms with Gasteiger partial charge in [0.25, 0.3) is 0 Å². The minimum Gasteiger partial charge on any atom is -0.348 e. The van der Waals surface area contributed by atoms with Crippen molar-refractivity contribution in [3.63, 3.8) is 0 Å². The number of thiazole rings is 1. The van der Waals surface area contributed by atoms with E-state index in [1.54, 1.807) is 11.3 Å². The van der Waals surface area contributed by atoms with Gasteiger partial charge in [0.15, 0.2) is 5.13 Å². The van der Waals surface area contributed by atoms with Gasteiger partial charge in [-0.2, -0.15) is 0 Å². The molecule has 0 radical (unpaired) electrons. The highest BCUT2D eigenvalue weighted by Gasteiger charge is 2.33. The number of hydrogen-bond donors (Lipinski definition) is 0. The van der Waals surface area contributed by atoms with Crippen LogP contribution in [0.1, 0.15) is 25.7 Å². The van der Waals surface area contributed by atoms with Crippen LogP contribution in [-0.2, 0) is 4.79 Å². The number of piperidine rings is 2. The number of anilines is 1. The first kappa shape index (κ1) is 20.2. The van der Waals surface area contributed by atoms with Crippen molar-refractivity contribution in [3.8, 4) is 0 Å². The van der Waals surface area contributed by atoms with Crippen molar-refractivity contribution in [2.24, 2.45) is 5.92 Å². The number of rotatable bonds is 3. The summed E-state index contributed by atoms with van der Waals surface area (Å²) < 4.78 is 1.24. The summed E-state index contributed by atoms with van der Waals surface area (Å²) in [4.78, 5) is 27.5. The van der Waals surface area contributed by atoms with Crippen molar-refractivity contribution < 1.29 is 4.79 Å². The van der Waals surface area contributed by atoms with Gasteiger partial charge in [0, 0.05) is 57.8 Å². The van der Waals surface area contributed by atoms with E-state index >= 15 is 0 Å². The van der Waals surface area contributed by atoms with Crippen LogP contribution in [0.4, 0.5) is 5.13 Å². The van der Waals surface area contributed by atoms with Gasteiger partial charge in [0.05, 0.1) is 10.2 Å². The van der Waals surface area contributed by atoms with Crippen LogP contribution in [0, 0.1) is 5.92 Å². The largest absolute Gasteiger partial charge is 0.348 e. The Kier molecular flexibility index (Phi) is 5.94. The lowest BCUT2D eigenvalue weighted by Gasteiger charge is -2.43. The van der Waals surface area contributed by atoms with E-state index in [4.69, 9.17) is 4.98 Å². The zero-order chi connectivity index (χ0) is 20.5. The summed E-state index contributed by atoms with van der Waals surface area (Å²) in [5.74, 6) is 0.572. The van der Waals surface area contributed by atoms with Crippen molar-refractivity contribution in [2.75, 3.05) is 64.3 Å². The van der Waals surface area contributed by atoms with Gasteiger partial charge in [0.2, 0.25) is 5.91 Å². The standard InChI is InChI=1S/C23H33N5OS/c1-25-10-4-5-19(17-25)26-13-15-27(16-14-26)22(29)18-8-11-28(12-9-18)23-24-20-6-2-3-7-21(20)30-23/h2-3,6-7,18-19H,4-5,8-17H2,1H3. The zero-order valence-corrected chi connectivity index (χ0v) is 18.8. The predicted octanol–water partition coefficient (Wildman–Crippen LogP) is 2.75. The average Bonchev–Trinajstić information content (AvgIpc) is 3.23. The Bertz CT molecular complexity index is 836. The minimum atomic E-state index is 0.183. The third-order valence-corrected chi connectivity index (χ3v) is 8.24. The maximum atomic E-state index is 13.1. The van der Waals surface area contributed by atoms with E-state index in [-0.39, 0.29) is 5.92 Å². The van der Waals surface area contributed by atoms with Crippen molar-refractivity contribution in [1.82, 2.24) is 19.7 Å². The number of piperazine rings is 1. The van der Waals surface area contributed by atoms with Crippen LogP contribution in [-0.4, -0.2) is 91.0 Å². The number of likely N-dealkylation sites (N-methyl/N-ethyl adjacent to an activating group) is 1. The van der Waals surface area contributed by atoms with Crippen molar-refractivity contribution in [2.45, 2.75) is 31.7 Å². The van der Waals surface area contributed by atoms with Crippen LogP contribution in [0.3, 0.4) is 0 Å². The lowest BCUT2D eigenvalue weighted by atomic mass is 9.95. The summed E-state index contributed by atoms with van der Waals surface area (Å²) in [5.41, 5.74) is 1.08. The molecule has 1 aromatic heterocycles. The number of carbonyl (C=O) groups is 1. The summed E-state index contributed by atoms with van der Waals surface area (Å²) in [6, 6.07) is 9.01. The first-order valence-corrected chi connectivity index (χ1v) is 12.3. The number of aromatic nitrogens is 1. The fourth-order valence-electron chi connectivity index (χ4n) is 5.32. The second-order valence-electron chi connectivity index (χ2n) is 9.15. The van der Waals surface area contributed by atoms with Gasteiger partial charge in [-0.05, 0) is 51.4 Å². The third-order valence-electron chi connectivity index (χ3n) is 7.14. The first-order chi connectivity index (χ1) is 14.7. The van der Waals surface area contributed by atoms with Gasteiger partial charge in [-0.25, -0.2) is 4.98 Å². The Hall–Kier alpha value is -1.70. The second-order valence-corrected chi connectivity index (χ2v) is 10.2. The van der Waals surface area contributed by atoms with E-state index in [0.717, 1.165) is 62.8 Å². The van der Waals surface area contributed by atoms with Gasteiger partial charge in [-0.15, -0.1) is 0 Å². The molecule has 1 atom stereocenters. The molecule has 0 aliphatic carbocycles. The van der Waals surface area contributed by atoms with Crippen molar-refractivity contribution >= 4 is 32.6 Å². The van der Waals surface area contributed by atoms with E-state index in [9.17, 15) is 4.79 Å². The molecule has 162 valence electrons. The summed E-state index contributed by atoms with van der Waals surface area (Å²) in [6.07, 6.45) is 4.50. The molecule has 7 heteroatoms. The highest BCUT2D eigenvalue weighted by molar-refractivity contribution is 7.22. The Morgan fingerprint density at radius 1 is 1.00 bits per heavy atom. The fourth-order valence-corrected chi connectivity index (χ4v) is 6.33. The molecule has 3 aliphatic heterocycles. The fraction of sp³-hybridized carbons (Fsp3) is 0.652. The van der Waals surface area contributed by atoms with E-state index in [1.165, 1.54) is 30.6 Å². The predicted molar refractivity (Wildman–Crippen MR) is 123 cm³/mol. The molecule has 5 rings (SSSR count). The van der Waals surface area contributed by atoms with Gasteiger partial charge < -0.3 is 14.7 Å². The first-order valence-electron chi connectivity index (χ1n) is 11.5. The van der Waals surface area contributed by atoms with Gasteiger partial charge >= 0.3 is 0 Å². The van der Waals surface area contributed by atoms with Gasteiger partial charge in [-0.1, -0.05) is 23.5 Å². The topological polar surface area (TPSA) is 42.9 Å². The van der Waals surface area contributed by atoms with E-state index in [2.05, 4.69) is 44.8 Å². The van der Waals surface area contributed by atoms with Crippen LogP contribution < -0.4 is 4.90 Å². The van der Waals surface area contributed by atoms with E-state index < -0.39 is 0 Å². The highest BCUT2D eigenvalue weighted by Crippen LogP contribution is 2.32. The molecule has 1 aromatic carbocycles. The molecule has 0 N–H and O–H groups in total. The number of fused-ring (bicyclic) bond motifs is 1. The Morgan fingerprint density at radius 2 is 1.77 bits per heavy atom. The molecule has 3 aliphatic rings. The number of para-hydroxylation sites is 1. The Labute approximate surface area is 183 Å². The van der Waals surface area contributed by atoms with Crippen molar-refractivity contribution in [3.05, 3.63) is 24.3 Å². The lowest BCUT2D eigenvalue weighted by Crippen LogP contribution is -2.56. The number of amides is 1. The molecule has 4 heterocycles. The number of benzene rings is 1. The molecule has 1 unspecified atom stereocenters. The molecular formula is C23H33N5OS. The average molecular weight is 428 g/mol. The molecule has 30 heavy (non-hydrogen) atoms. The molecule has 3 fully saturated rings. The minimum absolute atomic E-state index is 0.183. The third kappa shape index (κ3) is 4.20. The molecule has 0 saturated carbocycles. The number of nitrogens with zero attached hydrogens (tertiary/aromatic N) is 5.